The monoisotopic (exact) mass is 168 g/mol. The van der Waals surface area contributed by atoms with Crippen molar-refractivity contribution in [2.45, 2.75) is 6.41 Å². The highest BCUT2D eigenvalue weighted by molar-refractivity contribution is 5.85. The summed E-state index contributed by atoms with van der Waals surface area (Å²) in [5, 5.41) is 8.97. The molecule has 0 aromatic heterocycles. The molecule has 1 aliphatic rings. The predicted molar refractivity (Wildman–Crippen MR) is 39.8 cm³/mol. The molecule has 1 fully saturated rings. The van der Waals surface area contributed by atoms with Crippen LogP contribution in [0.5, 0.6) is 0 Å². The Morgan fingerprint density at radius 2 is 2.40 bits per heavy atom. The minimum Gasteiger partial charge on any atom is -0.356 e. The molecule has 0 aromatic rings. The highest BCUT2D eigenvalue weighted by atomic mass is 35.5. The number of aliphatic hydroxyl groups excluding tert-OH is 1. The second-order valence-corrected chi connectivity index (χ2v) is 2.02. The van der Waals surface area contributed by atoms with Gasteiger partial charge in [0.2, 0.25) is 6.41 Å². The van der Waals surface area contributed by atoms with Crippen molar-refractivity contribution in [2.24, 2.45) is 5.73 Å². The lowest BCUT2D eigenvalue weighted by Gasteiger charge is -2.15. The summed E-state index contributed by atoms with van der Waals surface area (Å²) in [6, 6.07) is 0. The third-order valence-corrected chi connectivity index (χ3v) is 1.37. The van der Waals surface area contributed by atoms with Crippen molar-refractivity contribution < 1.29 is 9.84 Å². The molecule has 62 valence electrons. The van der Waals surface area contributed by atoms with E-state index in [1.54, 1.807) is 4.90 Å². The summed E-state index contributed by atoms with van der Waals surface area (Å²) in [6.07, 6.45) is -0.714. The zero-order chi connectivity index (χ0) is 6.69. The molecule has 0 amide bonds. The molecule has 1 saturated heterocycles. The van der Waals surface area contributed by atoms with Crippen molar-refractivity contribution in [1.29, 1.82) is 0 Å². The maximum Gasteiger partial charge on any atom is 0.216 e. The van der Waals surface area contributed by atoms with Crippen molar-refractivity contribution in [3.63, 3.8) is 0 Å². The van der Waals surface area contributed by atoms with Gasteiger partial charge in [0.25, 0.3) is 0 Å². The van der Waals surface area contributed by atoms with E-state index >= 15 is 0 Å². The quantitative estimate of drug-likeness (QED) is 0.554. The van der Waals surface area contributed by atoms with Crippen LogP contribution in [0.15, 0.2) is 0 Å². The van der Waals surface area contributed by atoms with Gasteiger partial charge in [-0.25, -0.2) is 0 Å². The van der Waals surface area contributed by atoms with Crippen molar-refractivity contribution in [2.75, 3.05) is 26.2 Å². The van der Waals surface area contributed by atoms with Gasteiger partial charge in [0.05, 0.1) is 6.61 Å². The number of nitrogens with zero attached hydrogens (tertiary/aromatic N) is 1. The first kappa shape index (κ1) is 10.1. The lowest BCUT2D eigenvalue weighted by atomic mass is 10.5. The lowest BCUT2D eigenvalue weighted by Crippen LogP contribution is -2.34. The van der Waals surface area contributed by atoms with Crippen LogP contribution in [0.4, 0.5) is 0 Å². The highest BCUT2D eigenvalue weighted by Crippen LogP contribution is 2.04. The van der Waals surface area contributed by atoms with Gasteiger partial charge in [-0.05, 0) is 0 Å². The number of hydrogen-bond donors (Lipinski definition) is 2. The van der Waals surface area contributed by atoms with Crippen molar-refractivity contribution in [3.8, 4) is 0 Å². The molecule has 0 bridgehead atoms. The van der Waals surface area contributed by atoms with Crippen LogP contribution in [-0.2, 0) is 4.74 Å². The van der Waals surface area contributed by atoms with Crippen LogP contribution in [0.3, 0.4) is 0 Å². The van der Waals surface area contributed by atoms with Gasteiger partial charge in [0, 0.05) is 19.6 Å². The van der Waals surface area contributed by atoms with E-state index in [9.17, 15) is 0 Å². The highest BCUT2D eigenvalue weighted by Gasteiger charge is 2.20. The maximum absolute atomic E-state index is 8.97. The van der Waals surface area contributed by atoms with Crippen molar-refractivity contribution >= 4 is 12.4 Å². The molecule has 0 saturated carbocycles. The Bertz CT molecular complexity index is 93.7. The van der Waals surface area contributed by atoms with Gasteiger partial charge in [-0.2, -0.15) is 0 Å². The molecule has 1 aliphatic heterocycles. The van der Waals surface area contributed by atoms with E-state index in [4.69, 9.17) is 15.6 Å². The molecule has 5 heteroatoms. The zero-order valence-corrected chi connectivity index (χ0v) is 6.51. The third-order valence-electron chi connectivity index (χ3n) is 1.37. The molecule has 0 aromatic carbocycles. The summed E-state index contributed by atoms with van der Waals surface area (Å²) in [6.45, 7) is 2.68. The summed E-state index contributed by atoms with van der Waals surface area (Å²) >= 11 is 0. The van der Waals surface area contributed by atoms with E-state index in [0.29, 0.717) is 19.7 Å². The molecule has 1 heterocycles. The van der Waals surface area contributed by atoms with Crippen molar-refractivity contribution in [3.05, 3.63) is 0 Å². The first-order valence-corrected chi connectivity index (χ1v) is 3.08. The number of ether oxygens (including phenoxy) is 1. The second kappa shape index (κ2) is 4.87. The van der Waals surface area contributed by atoms with Gasteiger partial charge in [0.15, 0.2) is 0 Å². The predicted octanol–water partition coefficient (Wildman–Crippen LogP) is -1.03. The topological polar surface area (TPSA) is 58.7 Å². The average molecular weight is 169 g/mol. The largest absolute Gasteiger partial charge is 0.356 e. The average Bonchev–Trinajstić information content (AvgIpc) is 2.18. The summed E-state index contributed by atoms with van der Waals surface area (Å²) in [7, 11) is 0. The SMILES string of the molecule is Cl.NCCN1CCOC1O. The fourth-order valence-corrected chi connectivity index (χ4v) is 0.879. The van der Waals surface area contributed by atoms with E-state index in [2.05, 4.69) is 0 Å². The molecule has 1 atom stereocenters. The smallest absolute Gasteiger partial charge is 0.216 e. The van der Waals surface area contributed by atoms with Crippen LogP contribution in [0.2, 0.25) is 0 Å². The van der Waals surface area contributed by atoms with Crippen LogP contribution in [0.25, 0.3) is 0 Å². The first-order chi connectivity index (χ1) is 4.34. The van der Waals surface area contributed by atoms with Crippen LogP contribution in [-0.4, -0.2) is 42.7 Å². The fraction of sp³-hybridized carbons (Fsp3) is 1.00. The molecule has 10 heavy (non-hydrogen) atoms. The number of halogens is 1. The van der Waals surface area contributed by atoms with Crippen LogP contribution < -0.4 is 5.73 Å². The van der Waals surface area contributed by atoms with E-state index in [-0.39, 0.29) is 12.4 Å². The first-order valence-electron chi connectivity index (χ1n) is 3.08. The molecular formula is C5H13ClN2O2. The number of hydrogen-bond acceptors (Lipinski definition) is 4. The molecule has 3 N–H and O–H groups in total. The molecular weight excluding hydrogens is 156 g/mol. The third kappa shape index (κ3) is 2.40. The van der Waals surface area contributed by atoms with Gasteiger partial charge in [-0.3, -0.25) is 4.90 Å². The maximum atomic E-state index is 8.97. The lowest BCUT2D eigenvalue weighted by molar-refractivity contribution is -0.132. The Balaban J connectivity index is 0.000000810. The summed E-state index contributed by atoms with van der Waals surface area (Å²) in [4.78, 5) is 1.79. The van der Waals surface area contributed by atoms with Crippen LogP contribution >= 0.6 is 12.4 Å². The Morgan fingerprint density at radius 3 is 2.80 bits per heavy atom. The molecule has 0 spiro atoms. The Kier molecular flexibility index (Phi) is 4.93. The number of nitrogens with two attached hydrogens (primary N) is 1. The molecule has 0 aliphatic carbocycles. The molecule has 4 nitrogen and oxygen atoms in total. The van der Waals surface area contributed by atoms with Gasteiger partial charge in [0.1, 0.15) is 0 Å². The van der Waals surface area contributed by atoms with Crippen LogP contribution in [0.1, 0.15) is 0 Å². The minimum atomic E-state index is -0.714. The molecule has 1 unspecified atom stereocenters. The minimum absolute atomic E-state index is 0. The van der Waals surface area contributed by atoms with E-state index in [0.717, 1.165) is 6.54 Å². The van der Waals surface area contributed by atoms with Crippen molar-refractivity contribution in [1.82, 2.24) is 4.90 Å². The number of aliphatic hydroxyl groups is 1. The van der Waals surface area contributed by atoms with Gasteiger partial charge >= 0.3 is 0 Å². The van der Waals surface area contributed by atoms with Crippen LogP contribution in [0, 0.1) is 0 Å². The Morgan fingerprint density at radius 1 is 1.70 bits per heavy atom. The van der Waals surface area contributed by atoms with Gasteiger partial charge < -0.3 is 15.6 Å². The van der Waals surface area contributed by atoms with Gasteiger partial charge in [-0.1, -0.05) is 0 Å². The Labute approximate surface area is 66.4 Å². The Hall–Kier alpha value is 0.130. The zero-order valence-electron chi connectivity index (χ0n) is 5.69. The summed E-state index contributed by atoms with van der Waals surface area (Å²) < 4.78 is 4.84. The van der Waals surface area contributed by atoms with E-state index in [1.165, 1.54) is 0 Å². The van der Waals surface area contributed by atoms with Gasteiger partial charge in [-0.15, -0.1) is 12.4 Å². The molecule has 1 rings (SSSR count). The van der Waals surface area contributed by atoms with E-state index < -0.39 is 6.41 Å². The molecule has 0 radical (unpaired) electrons. The number of rotatable bonds is 2. The van der Waals surface area contributed by atoms with E-state index in [1.807, 2.05) is 0 Å². The normalized spacial score (nSPS) is 26.4. The standard InChI is InChI=1S/C5H12N2O2.ClH/c6-1-2-7-3-4-9-5(7)8;/h5,8H,1-4,6H2;1H. The fourth-order valence-electron chi connectivity index (χ4n) is 0.879. The second-order valence-electron chi connectivity index (χ2n) is 2.02. The summed E-state index contributed by atoms with van der Waals surface area (Å²) in [5.74, 6) is 0. The summed E-state index contributed by atoms with van der Waals surface area (Å²) in [5.41, 5.74) is 5.26.